The fraction of sp³-hybridized carbons (Fsp3) is 0.217. The molecule has 4 aromatic rings. The Morgan fingerprint density at radius 1 is 0.750 bits per heavy atom. The number of aliphatic hydroxyl groups excluding tert-OH is 1. The van der Waals surface area contributed by atoms with Crippen molar-refractivity contribution >= 4 is 21.8 Å². The molecular formula is C23H23NO4. The molecule has 28 heavy (non-hydrogen) atoms. The van der Waals surface area contributed by atoms with E-state index < -0.39 is 12.3 Å². The molecule has 4 rings (SSSR count). The van der Waals surface area contributed by atoms with Crippen molar-refractivity contribution in [3.63, 3.8) is 0 Å². The summed E-state index contributed by atoms with van der Waals surface area (Å²) in [5.41, 5.74) is 1.90. The number of hydrogen-bond acceptors (Lipinski definition) is 4. The van der Waals surface area contributed by atoms with Crippen molar-refractivity contribution in [2.24, 2.45) is 0 Å². The minimum Gasteiger partial charge on any atom is -0.497 e. The molecule has 2 unspecified atom stereocenters. The quantitative estimate of drug-likeness (QED) is 0.526. The van der Waals surface area contributed by atoms with Gasteiger partial charge in [-0.25, -0.2) is 0 Å². The molecule has 1 N–H and O–H groups in total. The average molecular weight is 377 g/mol. The second-order valence-corrected chi connectivity index (χ2v) is 6.70. The van der Waals surface area contributed by atoms with Crippen LogP contribution in [0.3, 0.4) is 0 Å². The maximum Gasteiger partial charge on any atom is 0.202 e. The van der Waals surface area contributed by atoms with Crippen LogP contribution >= 0.6 is 0 Å². The van der Waals surface area contributed by atoms with Crippen LogP contribution in [0.25, 0.3) is 21.8 Å². The van der Waals surface area contributed by atoms with Gasteiger partial charge in [0.25, 0.3) is 0 Å². The predicted octanol–water partition coefficient (Wildman–Crippen LogP) is 4.77. The zero-order valence-corrected chi connectivity index (χ0v) is 16.1. The number of rotatable bonds is 6. The highest BCUT2D eigenvalue weighted by atomic mass is 16.5. The first kappa shape index (κ1) is 18.2. The minimum absolute atomic E-state index is 0.593. The lowest BCUT2D eigenvalue weighted by Crippen LogP contribution is -2.26. The fourth-order valence-electron chi connectivity index (χ4n) is 3.55. The molecule has 0 saturated carbocycles. The number of aliphatic hydroxyl groups is 1. The molecule has 0 aliphatic carbocycles. The molecule has 0 amide bonds. The summed E-state index contributed by atoms with van der Waals surface area (Å²) >= 11 is 0. The Morgan fingerprint density at radius 2 is 1.29 bits per heavy atom. The number of nitrogens with zero attached hydrogens (tertiary/aromatic N) is 1. The maximum atomic E-state index is 10.6. The van der Waals surface area contributed by atoms with Gasteiger partial charge in [0.1, 0.15) is 23.4 Å². The summed E-state index contributed by atoms with van der Waals surface area (Å²) in [4.78, 5) is 0. The van der Waals surface area contributed by atoms with Crippen molar-refractivity contribution in [2.75, 3.05) is 14.2 Å². The average Bonchev–Trinajstić information content (AvgIpc) is 3.05. The molecule has 0 spiro atoms. The van der Waals surface area contributed by atoms with E-state index >= 15 is 0 Å². The zero-order valence-electron chi connectivity index (χ0n) is 16.1. The normalized spacial score (nSPS) is 13.4. The molecule has 0 fully saturated rings. The molecule has 5 heteroatoms. The molecule has 1 heterocycles. The summed E-state index contributed by atoms with van der Waals surface area (Å²) in [7, 11) is 3.30. The summed E-state index contributed by atoms with van der Waals surface area (Å²) in [5, 5.41) is 12.6. The zero-order chi connectivity index (χ0) is 19.7. The predicted molar refractivity (Wildman–Crippen MR) is 110 cm³/mol. The number of methoxy groups -OCH3 is 2. The molecule has 2 atom stereocenters. The molecule has 1 aromatic heterocycles. The van der Waals surface area contributed by atoms with E-state index in [-0.39, 0.29) is 0 Å². The standard InChI is InChI=1S/C23H23NO4/c1-15(25)23(28-16-7-5-4-6-8-16)24-21-11-9-17(26-2)13-19(21)20-14-18(27-3)10-12-22(20)24/h4-15,23,25H,1-3H3. The van der Waals surface area contributed by atoms with E-state index in [1.54, 1.807) is 21.1 Å². The molecular weight excluding hydrogens is 354 g/mol. The lowest BCUT2D eigenvalue weighted by Gasteiger charge is -2.25. The van der Waals surface area contributed by atoms with Crippen LogP contribution < -0.4 is 14.2 Å². The van der Waals surface area contributed by atoms with Gasteiger partial charge in [0.05, 0.1) is 25.3 Å². The van der Waals surface area contributed by atoms with Gasteiger partial charge in [-0.15, -0.1) is 0 Å². The Balaban J connectivity index is 1.97. The molecule has 0 saturated heterocycles. The highest BCUT2D eigenvalue weighted by molar-refractivity contribution is 6.09. The van der Waals surface area contributed by atoms with Crippen molar-refractivity contribution in [2.45, 2.75) is 19.3 Å². The van der Waals surface area contributed by atoms with Crippen LogP contribution in [0.15, 0.2) is 66.7 Å². The van der Waals surface area contributed by atoms with E-state index in [0.29, 0.717) is 5.75 Å². The number of fused-ring (bicyclic) bond motifs is 3. The lowest BCUT2D eigenvalue weighted by atomic mass is 10.1. The SMILES string of the molecule is COc1ccc2c(c1)c1cc(OC)ccc1n2C(Oc1ccccc1)C(C)O. The number of hydrogen-bond donors (Lipinski definition) is 1. The van der Waals surface area contributed by atoms with Crippen molar-refractivity contribution < 1.29 is 19.3 Å². The first-order chi connectivity index (χ1) is 13.6. The summed E-state index contributed by atoms with van der Waals surface area (Å²) in [6.45, 7) is 1.73. The van der Waals surface area contributed by atoms with Crippen LogP contribution in [0, 0.1) is 0 Å². The second-order valence-electron chi connectivity index (χ2n) is 6.70. The van der Waals surface area contributed by atoms with E-state index in [4.69, 9.17) is 14.2 Å². The number of ether oxygens (including phenoxy) is 3. The van der Waals surface area contributed by atoms with Crippen molar-refractivity contribution in [3.8, 4) is 17.2 Å². The van der Waals surface area contributed by atoms with Gasteiger partial charge in [0.15, 0.2) is 0 Å². The third-order valence-electron chi connectivity index (χ3n) is 4.88. The fourth-order valence-corrected chi connectivity index (χ4v) is 3.55. The molecule has 0 aliphatic rings. The molecule has 144 valence electrons. The van der Waals surface area contributed by atoms with Gasteiger partial charge in [0.2, 0.25) is 6.23 Å². The highest BCUT2D eigenvalue weighted by Gasteiger charge is 2.24. The molecule has 0 bridgehead atoms. The van der Waals surface area contributed by atoms with E-state index in [1.165, 1.54) is 0 Å². The van der Waals surface area contributed by atoms with Gasteiger partial charge in [-0.1, -0.05) is 18.2 Å². The third kappa shape index (κ3) is 3.14. The van der Waals surface area contributed by atoms with E-state index in [2.05, 4.69) is 0 Å². The van der Waals surface area contributed by atoms with Crippen molar-refractivity contribution in [3.05, 3.63) is 66.7 Å². The Kier molecular flexibility index (Phi) is 4.84. The molecule has 5 nitrogen and oxygen atoms in total. The van der Waals surface area contributed by atoms with Gasteiger partial charge in [-0.2, -0.15) is 0 Å². The lowest BCUT2D eigenvalue weighted by molar-refractivity contribution is 0.00672. The summed E-state index contributed by atoms with van der Waals surface area (Å²) < 4.78 is 19.1. The molecule has 0 radical (unpaired) electrons. The van der Waals surface area contributed by atoms with Gasteiger partial charge in [-0.05, 0) is 55.5 Å². The smallest absolute Gasteiger partial charge is 0.202 e. The van der Waals surface area contributed by atoms with Gasteiger partial charge >= 0.3 is 0 Å². The Labute approximate surface area is 163 Å². The van der Waals surface area contributed by atoms with Crippen molar-refractivity contribution in [1.82, 2.24) is 4.57 Å². The van der Waals surface area contributed by atoms with Crippen LogP contribution in [0.5, 0.6) is 17.2 Å². The topological polar surface area (TPSA) is 52.9 Å². The second kappa shape index (κ2) is 7.44. The monoisotopic (exact) mass is 377 g/mol. The Bertz CT molecular complexity index is 1040. The maximum absolute atomic E-state index is 10.6. The highest BCUT2D eigenvalue weighted by Crippen LogP contribution is 2.37. The third-order valence-corrected chi connectivity index (χ3v) is 4.88. The summed E-state index contributed by atoms with van der Waals surface area (Å²) in [6, 6.07) is 21.3. The van der Waals surface area contributed by atoms with Crippen LogP contribution in [0.2, 0.25) is 0 Å². The number of para-hydroxylation sites is 1. The van der Waals surface area contributed by atoms with Crippen LogP contribution in [-0.2, 0) is 0 Å². The van der Waals surface area contributed by atoms with Crippen molar-refractivity contribution in [1.29, 1.82) is 0 Å². The van der Waals surface area contributed by atoms with Gasteiger partial charge in [0, 0.05) is 10.8 Å². The van der Waals surface area contributed by atoms with E-state index in [0.717, 1.165) is 33.3 Å². The van der Waals surface area contributed by atoms with Crippen LogP contribution in [-0.4, -0.2) is 30.0 Å². The number of benzene rings is 3. The van der Waals surface area contributed by atoms with Gasteiger partial charge in [-0.3, -0.25) is 0 Å². The minimum atomic E-state index is -0.733. The largest absolute Gasteiger partial charge is 0.497 e. The van der Waals surface area contributed by atoms with Gasteiger partial charge < -0.3 is 23.9 Å². The Morgan fingerprint density at radius 3 is 1.75 bits per heavy atom. The summed E-state index contributed by atoms with van der Waals surface area (Å²) in [6.07, 6.45) is -1.33. The first-order valence-electron chi connectivity index (χ1n) is 9.18. The van der Waals surface area contributed by atoms with E-state index in [9.17, 15) is 5.11 Å². The number of aromatic nitrogens is 1. The molecule has 0 aliphatic heterocycles. The summed E-state index contributed by atoms with van der Waals surface area (Å²) in [5.74, 6) is 2.24. The van der Waals surface area contributed by atoms with E-state index in [1.807, 2.05) is 71.3 Å². The molecule has 3 aromatic carbocycles. The van der Waals surface area contributed by atoms with Crippen LogP contribution in [0.1, 0.15) is 13.2 Å². The van der Waals surface area contributed by atoms with Crippen LogP contribution in [0.4, 0.5) is 0 Å². The Hall–Kier alpha value is -3.18. The first-order valence-corrected chi connectivity index (χ1v) is 9.18.